The number of fused-ring (bicyclic) bond motifs is 1. The van der Waals surface area contributed by atoms with Crippen molar-refractivity contribution in [1.82, 2.24) is 19.5 Å². The quantitative estimate of drug-likeness (QED) is 0.664. The summed E-state index contributed by atoms with van der Waals surface area (Å²) in [5, 5.41) is 2.64. The van der Waals surface area contributed by atoms with Gasteiger partial charge in [-0.05, 0) is 12.5 Å². The lowest BCUT2D eigenvalue weighted by atomic mass is 9.86. The van der Waals surface area contributed by atoms with Crippen LogP contribution in [0.1, 0.15) is 46.2 Å². The maximum Gasteiger partial charge on any atom is 0.343 e. The number of alkyl halides is 1. The third-order valence-electron chi connectivity index (χ3n) is 5.35. The van der Waals surface area contributed by atoms with E-state index in [1.165, 1.54) is 11.1 Å². The molecular formula is C21H21FN4O4. The number of hydrogen-bond donors (Lipinski definition) is 1. The molecule has 0 atom stereocenters. The van der Waals surface area contributed by atoms with Crippen LogP contribution >= 0.6 is 0 Å². The summed E-state index contributed by atoms with van der Waals surface area (Å²) in [7, 11) is 0. The fourth-order valence-electron chi connectivity index (χ4n) is 3.70. The molecule has 3 heterocycles. The molecule has 0 saturated carbocycles. The summed E-state index contributed by atoms with van der Waals surface area (Å²) in [6.45, 7) is 2.23. The number of nitrogens with zero attached hydrogens (tertiary/aromatic N) is 3. The predicted octanol–water partition coefficient (Wildman–Crippen LogP) is 2.30. The van der Waals surface area contributed by atoms with Crippen LogP contribution in [-0.2, 0) is 10.4 Å². The molecule has 1 N–H and O–H groups in total. The van der Waals surface area contributed by atoms with Crippen LogP contribution in [0.15, 0.2) is 47.4 Å². The standard InChI is InChI=1S/C21H21FN4O4/c1-2-30-20(29)15-13-23-26-17(27)12-16(24-18(15)26)19(28)25-10-8-21(22,9-11-25)14-6-4-3-5-7-14/h3-7,12-13,23H,2,8-11H2,1H3. The minimum Gasteiger partial charge on any atom is -0.462 e. The smallest absolute Gasteiger partial charge is 0.343 e. The third kappa shape index (κ3) is 3.47. The van der Waals surface area contributed by atoms with Crippen molar-refractivity contribution in [3.8, 4) is 0 Å². The number of hydrogen-bond acceptors (Lipinski definition) is 5. The maximum absolute atomic E-state index is 15.3. The zero-order valence-corrected chi connectivity index (χ0v) is 16.4. The molecule has 1 amide bonds. The average Bonchev–Trinajstić information content (AvgIpc) is 3.19. The molecule has 0 aliphatic carbocycles. The van der Waals surface area contributed by atoms with Gasteiger partial charge in [-0.1, -0.05) is 30.3 Å². The molecule has 1 aliphatic heterocycles. The Balaban J connectivity index is 1.57. The maximum atomic E-state index is 15.3. The van der Waals surface area contributed by atoms with E-state index in [1.54, 1.807) is 31.2 Å². The highest BCUT2D eigenvalue weighted by Gasteiger charge is 2.38. The molecule has 30 heavy (non-hydrogen) atoms. The van der Waals surface area contributed by atoms with Crippen molar-refractivity contribution in [3.05, 3.63) is 69.8 Å². The van der Waals surface area contributed by atoms with Gasteiger partial charge in [0, 0.05) is 38.2 Å². The lowest BCUT2D eigenvalue weighted by Crippen LogP contribution is -2.44. The molecule has 0 unspecified atom stereocenters. The lowest BCUT2D eigenvalue weighted by molar-refractivity contribution is 0.0416. The van der Waals surface area contributed by atoms with E-state index in [9.17, 15) is 14.4 Å². The molecule has 2 aromatic heterocycles. The molecule has 1 saturated heterocycles. The van der Waals surface area contributed by atoms with Crippen molar-refractivity contribution < 1.29 is 18.7 Å². The fourth-order valence-corrected chi connectivity index (χ4v) is 3.70. The van der Waals surface area contributed by atoms with Gasteiger partial charge >= 0.3 is 5.97 Å². The number of aromatic nitrogens is 3. The molecule has 4 rings (SSSR count). The number of H-pyrrole nitrogens is 1. The monoisotopic (exact) mass is 412 g/mol. The van der Waals surface area contributed by atoms with E-state index in [0.717, 1.165) is 10.6 Å². The first-order valence-corrected chi connectivity index (χ1v) is 9.75. The Hall–Kier alpha value is -3.49. The van der Waals surface area contributed by atoms with E-state index in [1.807, 2.05) is 6.07 Å². The Morgan fingerprint density at radius 3 is 2.60 bits per heavy atom. The molecule has 156 valence electrons. The summed E-state index contributed by atoms with van der Waals surface area (Å²) in [5.74, 6) is -1.11. The van der Waals surface area contributed by atoms with Gasteiger partial charge in [0.2, 0.25) is 0 Å². The minimum atomic E-state index is -1.49. The Kier molecular flexibility index (Phi) is 5.11. The highest BCUT2D eigenvalue weighted by atomic mass is 19.1. The minimum absolute atomic E-state index is 0.0189. The predicted molar refractivity (Wildman–Crippen MR) is 106 cm³/mol. The number of likely N-dealkylation sites (tertiary alicyclic amines) is 1. The largest absolute Gasteiger partial charge is 0.462 e. The van der Waals surface area contributed by atoms with Gasteiger partial charge in [0.05, 0.1) is 6.61 Å². The van der Waals surface area contributed by atoms with Crippen LogP contribution in [0.4, 0.5) is 4.39 Å². The molecule has 3 aromatic rings. The second kappa shape index (κ2) is 7.74. The molecule has 1 fully saturated rings. The first kappa shape index (κ1) is 19.8. The Morgan fingerprint density at radius 1 is 1.23 bits per heavy atom. The summed E-state index contributed by atoms with van der Waals surface area (Å²) in [4.78, 5) is 43.1. The molecule has 1 aliphatic rings. The van der Waals surface area contributed by atoms with E-state index in [-0.39, 0.29) is 49.4 Å². The SMILES string of the molecule is CCOC(=O)c1c[nH]n2c(=O)cc(C(=O)N3CCC(F)(c4ccccc4)CC3)nc12. The molecule has 0 radical (unpaired) electrons. The summed E-state index contributed by atoms with van der Waals surface area (Å²) in [5.41, 5.74) is -1.43. The number of carbonyl (C=O) groups is 2. The van der Waals surface area contributed by atoms with Gasteiger partial charge < -0.3 is 9.64 Å². The van der Waals surface area contributed by atoms with Crippen molar-refractivity contribution in [2.45, 2.75) is 25.4 Å². The first-order valence-electron chi connectivity index (χ1n) is 9.75. The summed E-state index contributed by atoms with van der Waals surface area (Å²) < 4.78 is 21.4. The van der Waals surface area contributed by atoms with Gasteiger partial charge in [-0.2, -0.15) is 0 Å². The van der Waals surface area contributed by atoms with Crippen LogP contribution in [0.5, 0.6) is 0 Å². The Labute approximate surface area is 171 Å². The third-order valence-corrected chi connectivity index (χ3v) is 5.35. The highest BCUT2D eigenvalue weighted by molar-refractivity contribution is 5.97. The van der Waals surface area contributed by atoms with E-state index in [4.69, 9.17) is 4.74 Å². The van der Waals surface area contributed by atoms with Crippen LogP contribution in [0, 0.1) is 0 Å². The fraction of sp³-hybridized carbons (Fsp3) is 0.333. The zero-order chi connectivity index (χ0) is 21.3. The second-order valence-electron chi connectivity index (χ2n) is 7.17. The Bertz CT molecular complexity index is 1150. The van der Waals surface area contributed by atoms with E-state index >= 15 is 4.39 Å². The van der Waals surface area contributed by atoms with Crippen molar-refractivity contribution in [3.63, 3.8) is 0 Å². The number of ether oxygens (including phenoxy) is 1. The number of nitrogens with one attached hydrogen (secondary N) is 1. The van der Waals surface area contributed by atoms with E-state index in [2.05, 4.69) is 10.1 Å². The molecular weight excluding hydrogens is 391 g/mol. The number of aromatic amines is 1. The topological polar surface area (TPSA) is 96.8 Å². The summed E-state index contributed by atoms with van der Waals surface area (Å²) in [6, 6.07) is 10.0. The number of benzene rings is 1. The van der Waals surface area contributed by atoms with E-state index < -0.39 is 23.1 Å². The van der Waals surface area contributed by atoms with Gasteiger partial charge in [-0.15, -0.1) is 0 Å². The number of piperidine rings is 1. The van der Waals surface area contributed by atoms with Crippen LogP contribution in [-0.4, -0.2) is 51.1 Å². The highest BCUT2D eigenvalue weighted by Crippen LogP contribution is 2.37. The van der Waals surface area contributed by atoms with Crippen molar-refractivity contribution in [2.75, 3.05) is 19.7 Å². The van der Waals surface area contributed by atoms with Gasteiger partial charge in [0.1, 0.15) is 16.9 Å². The van der Waals surface area contributed by atoms with Gasteiger partial charge in [0.15, 0.2) is 5.65 Å². The number of carbonyl (C=O) groups excluding carboxylic acids is 2. The summed E-state index contributed by atoms with van der Waals surface area (Å²) in [6.07, 6.45) is 1.62. The van der Waals surface area contributed by atoms with E-state index in [0.29, 0.717) is 5.56 Å². The molecule has 0 spiro atoms. The van der Waals surface area contributed by atoms with Gasteiger partial charge in [-0.3, -0.25) is 14.7 Å². The molecule has 8 nitrogen and oxygen atoms in total. The summed E-state index contributed by atoms with van der Waals surface area (Å²) >= 11 is 0. The second-order valence-corrected chi connectivity index (χ2v) is 7.17. The van der Waals surface area contributed by atoms with Crippen molar-refractivity contribution in [2.24, 2.45) is 0 Å². The normalized spacial score (nSPS) is 15.9. The first-order chi connectivity index (χ1) is 14.4. The molecule has 1 aromatic carbocycles. The molecule has 0 bridgehead atoms. The number of halogens is 1. The van der Waals surface area contributed by atoms with Crippen LogP contribution in [0.25, 0.3) is 5.65 Å². The average molecular weight is 412 g/mol. The Morgan fingerprint density at radius 2 is 1.93 bits per heavy atom. The van der Waals surface area contributed by atoms with Crippen molar-refractivity contribution in [1.29, 1.82) is 0 Å². The number of esters is 1. The van der Waals surface area contributed by atoms with Crippen LogP contribution < -0.4 is 5.56 Å². The lowest BCUT2D eigenvalue weighted by Gasteiger charge is -2.36. The van der Waals surface area contributed by atoms with Crippen LogP contribution in [0.2, 0.25) is 0 Å². The molecule has 9 heteroatoms. The zero-order valence-electron chi connectivity index (χ0n) is 16.4. The van der Waals surface area contributed by atoms with Gasteiger partial charge in [-0.25, -0.2) is 18.7 Å². The number of rotatable bonds is 4. The van der Waals surface area contributed by atoms with Crippen molar-refractivity contribution >= 4 is 17.5 Å². The van der Waals surface area contributed by atoms with Crippen LogP contribution in [0.3, 0.4) is 0 Å². The van der Waals surface area contributed by atoms with Gasteiger partial charge in [0.25, 0.3) is 11.5 Å². The number of amides is 1.